The van der Waals surface area contributed by atoms with Crippen LogP contribution < -0.4 is 14.2 Å². The van der Waals surface area contributed by atoms with Crippen LogP contribution in [0.1, 0.15) is 17.8 Å². The molecular formula is C18H20FN3O3. The Morgan fingerprint density at radius 3 is 3.08 bits per heavy atom. The molecule has 0 saturated carbocycles. The number of hydrogen-bond acceptors (Lipinski definition) is 6. The van der Waals surface area contributed by atoms with Gasteiger partial charge in [-0.05, 0) is 19.4 Å². The SMILES string of the molecule is Cc1cc(O[C@@H]2CCN(Cc3nc4c(cc3F)OCCO4)C2)ccn1. The highest BCUT2D eigenvalue weighted by molar-refractivity contribution is 5.36. The third kappa shape index (κ3) is 3.66. The van der Waals surface area contributed by atoms with Crippen LogP contribution in [0.15, 0.2) is 24.4 Å². The van der Waals surface area contributed by atoms with Crippen LogP contribution in [0.25, 0.3) is 0 Å². The van der Waals surface area contributed by atoms with Crippen molar-refractivity contribution < 1.29 is 18.6 Å². The summed E-state index contributed by atoms with van der Waals surface area (Å²) < 4.78 is 31.1. The van der Waals surface area contributed by atoms with Crippen molar-refractivity contribution in [3.05, 3.63) is 41.6 Å². The molecule has 4 heterocycles. The summed E-state index contributed by atoms with van der Waals surface area (Å²) in [5, 5.41) is 0. The zero-order chi connectivity index (χ0) is 17.2. The lowest BCUT2D eigenvalue weighted by atomic mass is 10.3. The Labute approximate surface area is 145 Å². The predicted octanol–water partition coefficient (Wildman–Crippen LogP) is 2.35. The van der Waals surface area contributed by atoms with Gasteiger partial charge in [-0.15, -0.1) is 0 Å². The lowest BCUT2D eigenvalue weighted by Gasteiger charge is -2.20. The Hall–Kier alpha value is -2.41. The molecule has 25 heavy (non-hydrogen) atoms. The molecule has 0 bridgehead atoms. The molecule has 0 amide bonds. The van der Waals surface area contributed by atoms with Gasteiger partial charge in [0.2, 0.25) is 0 Å². The van der Waals surface area contributed by atoms with E-state index in [4.69, 9.17) is 14.2 Å². The molecule has 1 atom stereocenters. The third-order valence-electron chi connectivity index (χ3n) is 4.33. The summed E-state index contributed by atoms with van der Waals surface area (Å²) >= 11 is 0. The summed E-state index contributed by atoms with van der Waals surface area (Å²) in [5.41, 5.74) is 1.31. The summed E-state index contributed by atoms with van der Waals surface area (Å²) in [7, 11) is 0. The number of nitrogens with zero attached hydrogens (tertiary/aromatic N) is 3. The van der Waals surface area contributed by atoms with E-state index in [1.165, 1.54) is 6.07 Å². The van der Waals surface area contributed by atoms with Gasteiger partial charge in [0, 0.05) is 43.7 Å². The smallest absolute Gasteiger partial charge is 0.257 e. The molecule has 2 aliphatic heterocycles. The first kappa shape index (κ1) is 16.1. The molecule has 132 valence electrons. The number of aryl methyl sites for hydroxylation is 1. The first-order valence-electron chi connectivity index (χ1n) is 8.44. The quantitative estimate of drug-likeness (QED) is 0.848. The van der Waals surface area contributed by atoms with Crippen molar-refractivity contribution in [2.75, 3.05) is 26.3 Å². The van der Waals surface area contributed by atoms with Crippen LogP contribution in [0.3, 0.4) is 0 Å². The Balaban J connectivity index is 1.39. The minimum absolute atomic E-state index is 0.0853. The lowest BCUT2D eigenvalue weighted by Crippen LogP contribution is -2.26. The molecule has 0 N–H and O–H groups in total. The maximum atomic E-state index is 14.3. The third-order valence-corrected chi connectivity index (χ3v) is 4.33. The van der Waals surface area contributed by atoms with E-state index in [2.05, 4.69) is 14.9 Å². The van der Waals surface area contributed by atoms with Crippen LogP contribution in [0.2, 0.25) is 0 Å². The van der Waals surface area contributed by atoms with Crippen molar-refractivity contribution in [2.24, 2.45) is 0 Å². The summed E-state index contributed by atoms with van der Waals surface area (Å²) in [5.74, 6) is 1.21. The van der Waals surface area contributed by atoms with E-state index in [1.54, 1.807) is 6.20 Å². The Morgan fingerprint density at radius 2 is 2.20 bits per heavy atom. The van der Waals surface area contributed by atoms with Gasteiger partial charge in [-0.3, -0.25) is 9.88 Å². The molecule has 2 aromatic rings. The maximum absolute atomic E-state index is 14.3. The monoisotopic (exact) mass is 345 g/mol. The second-order valence-corrected chi connectivity index (χ2v) is 6.31. The van der Waals surface area contributed by atoms with Crippen molar-refractivity contribution in [1.29, 1.82) is 0 Å². The highest BCUT2D eigenvalue weighted by atomic mass is 19.1. The van der Waals surface area contributed by atoms with Crippen LogP contribution in [0, 0.1) is 12.7 Å². The summed E-state index contributed by atoms with van der Waals surface area (Å²) in [6, 6.07) is 5.14. The van der Waals surface area contributed by atoms with Crippen molar-refractivity contribution in [1.82, 2.24) is 14.9 Å². The first-order valence-corrected chi connectivity index (χ1v) is 8.44. The molecular weight excluding hydrogens is 325 g/mol. The molecule has 0 aliphatic carbocycles. The van der Waals surface area contributed by atoms with E-state index in [-0.39, 0.29) is 11.9 Å². The van der Waals surface area contributed by atoms with Crippen molar-refractivity contribution in [3.63, 3.8) is 0 Å². The van der Waals surface area contributed by atoms with Crippen molar-refractivity contribution in [2.45, 2.75) is 26.0 Å². The highest BCUT2D eigenvalue weighted by Crippen LogP contribution is 2.30. The van der Waals surface area contributed by atoms with Gasteiger partial charge in [0.1, 0.15) is 30.9 Å². The molecule has 7 heteroatoms. The number of pyridine rings is 2. The van der Waals surface area contributed by atoms with Crippen LogP contribution >= 0.6 is 0 Å². The van der Waals surface area contributed by atoms with E-state index < -0.39 is 0 Å². The average Bonchev–Trinajstić information content (AvgIpc) is 3.02. The fraction of sp³-hybridized carbons (Fsp3) is 0.444. The maximum Gasteiger partial charge on any atom is 0.257 e. The second-order valence-electron chi connectivity index (χ2n) is 6.31. The van der Waals surface area contributed by atoms with Crippen LogP contribution in [0.5, 0.6) is 17.4 Å². The standard InChI is InChI=1S/C18H20FN3O3/c1-12-8-13(2-4-20-12)25-14-3-5-22(10-14)11-16-15(19)9-17-18(21-16)24-7-6-23-17/h2,4,8-9,14H,3,5-7,10-11H2,1H3/t14-/m1/s1. The topological polar surface area (TPSA) is 56.7 Å². The average molecular weight is 345 g/mol. The minimum atomic E-state index is -0.363. The molecule has 1 fully saturated rings. The number of hydrogen-bond donors (Lipinski definition) is 0. The van der Waals surface area contributed by atoms with Crippen LogP contribution in [-0.2, 0) is 6.54 Å². The minimum Gasteiger partial charge on any atom is -0.489 e. The number of likely N-dealkylation sites (tertiary alicyclic amines) is 1. The molecule has 0 aromatic carbocycles. The Morgan fingerprint density at radius 1 is 1.32 bits per heavy atom. The van der Waals surface area contributed by atoms with E-state index in [0.717, 1.165) is 31.0 Å². The van der Waals surface area contributed by atoms with Gasteiger partial charge in [0.15, 0.2) is 5.75 Å². The molecule has 2 aliphatic rings. The molecule has 1 saturated heterocycles. The molecule has 6 nitrogen and oxygen atoms in total. The lowest BCUT2D eigenvalue weighted by molar-refractivity contribution is 0.161. The van der Waals surface area contributed by atoms with Crippen LogP contribution in [-0.4, -0.2) is 47.3 Å². The van der Waals surface area contributed by atoms with Crippen molar-refractivity contribution >= 4 is 0 Å². The van der Waals surface area contributed by atoms with E-state index in [1.807, 2.05) is 19.1 Å². The summed E-state index contributed by atoms with van der Waals surface area (Å²) in [4.78, 5) is 10.6. The largest absolute Gasteiger partial charge is 0.489 e. The second kappa shape index (κ2) is 6.84. The predicted molar refractivity (Wildman–Crippen MR) is 88.5 cm³/mol. The Bertz CT molecular complexity index is 771. The molecule has 4 rings (SSSR count). The number of fused-ring (bicyclic) bond motifs is 1. The van der Waals surface area contributed by atoms with Gasteiger partial charge in [-0.1, -0.05) is 0 Å². The van der Waals surface area contributed by atoms with Gasteiger partial charge in [-0.2, -0.15) is 0 Å². The van der Waals surface area contributed by atoms with Gasteiger partial charge in [-0.25, -0.2) is 9.37 Å². The number of ether oxygens (including phenoxy) is 3. The van der Waals surface area contributed by atoms with Crippen LogP contribution in [0.4, 0.5) is 4.39 Å². The van der Waals surface area contributed by atoms with E-state index >= 15 is 0 Å². The molecule has 2 aromatic heterocycles. The van der Waals surface area contributed by atoms with Gasteiger partial charge in [0.05, 0.1) is 5.69 Å². The zero-order valence-electron chi connectivity index (χ0n) is 14.1. The van der Waals surface area contributed by atoms with Gasteiger partial charge >= 0.3 is 0 Å². The Kier molecular flexibility index (Phi) is 4.40. The number of rotatable bonds is 4. The fourth-order valence-corrected chi connectivity index (χ4v) is 3.13. The zero-order valence-corrected chi connectivity index (χ0v) is 14.1. The first-order chi connectivity index (χ1) is 12.2. The molecule has 0 radical (unpaired) electrons. The molecule has 0 unspecified atom stereocenters. The number of halogens is 1. The molecule has 0 spiro atoms. The van der Waals surface area contributed by atoms with E-state index in [0.29, 0.717) is 37.1 Å². The van der Waals surface area contributed by atoms with Gasteiger partial charge < -0.3 is 14.2 Å². The summed E-state index contributed by atoms with van der Waals surface area (Å²) in [6.07, 6.45) is 2.72. The summed E-state index contributed by atoms with van der Waals surface area (Å²) in [6.45, 7) is 4.80. The highest BCUT2D eigenvalue weighted by Gasteiger charge is 2.26. The normalized spacial score (nSPS) is 19.8. The van der Waals surface area contributed by atoms with Crippen molar-refractivity contribution in [3.8, 4) is 17.4 Å². The van der Waals surface area contributed by atoms with Gasteiger partial charge in [0.25, 0.3) is 5.88 Å². The number of aromatic nitrogens is 2. The fourth-order valence-electron chi connectivity index (χ4n) is 3.13. The van der Waals surface area contributed by atoms with E-state index in [9.17, 15) is 4.39 Å².